The van der Waals surface area contributed by atoms with Crippen molar-refractivity contribution in [2.75, 3.05) is 13.2 Å². The summed E-state index contributed by atoms with van der Waals surface area (Å²) in [6.45, 7) is 7.41. The van der Waals surface area contributed by atoms with Gasteiger partial charge in [0.15, 0.2) is 0 Å². The van der Waals surface area contributed by atoms with E-state index in [1.54, 1.807) is 0 Å². The number of likely N-dealkylation sites (tertiary alicyclic amines) is 1. The molecule has 2 fully saturated rings. The average Bonchev–Trinajstić information content (AvgIpc) is 3.13. The van der Waals surface area contributed by atoms with E-state index in [4.69, 9.17) is 4.74 Å². The number of nitrogens with zero attached hydrogens (tertiary/aromatic N) is 2. The predicted molar refractivity (Wildman–Crippen MR) is 89.1 cm³/mol. The minimum Gasteiger partial charge on any atom is -0.368 e. The molecule has 5 nitrogen and oxygen atoms in total. The van der Waals surface area contributed by atoms with E-state index in [1.165, 1.54) is 18.4 Å². The van der Waals surface area contributed by atoms with Crippen molar-refractivity contribution in [3.63, 3.8) is 0 Å². The van der Waals surface area contributed by atoms with Crippen LogP contribution in [-0.4, -0.2) is 40.3 Å². The lowest BCUT2D eigenvalue weighted by molar-refractivity contribution is -0.140. The molecule has 1 aliphatic heterocycles. The van der Waals surface area contributed by atoms with Gasteiger partial charge in [-0.1, -0.05) is 6.92 Å². The van der Waals surface area contributed by atoms with Crippen molar-refractivity contribution in [2.24, 2.45) is 5.92 Å². The lowest BCUT2D eigenvalue weighted by atomic mass is 9.89. The van der Waals surface area contributed by atoms with E-state index < -0.39 is 0 Å². The minimum absolute atomic E-state index is 0.131. The third-order valence-corrected chi connectivity index (χ3v) is 5.50. The first-order chi connectivity index (χ1) is 11.1. The fraction of sp³-hybridized carbons (Fsp3) is 0.778. The van der Waals surface area contributed by atoms with Gasteiger partial charge in [0.1, 0.15) is 6.61 Å². The maximum Gasteiger partial charge on any atom is 0.249 e. The van der Waals surface area contributed by atoms with Crippen molar-refractivity contribution in [2.45, 2.75) is 71.4 Å². The van der Waals surface area contributed by atoms with Crippen LogP contribution in [0.15, 0.2) is 0 Å². The van der Waals surface area contributed by atoms with Gasteiger partial charge in [-0.05, 0) is 58.3 Å². The second-order valence-electron chi connectivity index (χ2n) is 7.29. The molecule has 1 aliphatic carbocycles. The zero-order valence-electron chi connectivity index (χ0n) is 14.6. The molecule has 1 atom stereocenters. The maximum absolute atomic E-state index is 12.7. The Bertz CT molecular complexity index is 527. The van der Waals surface area contributed by atoms with Gasteiger partial charge in [-0.3, -0.25) is 9.89 Å². The first-order valence-electron chi connectivity index (χ1n) is 8.98. The third-order valence-electron chi connectivity index (χ3n) is 5.50. The van der Waals surface area contributed by atoms with Gasteiger partial charge in [-0.2, -0.15) is 5.10 Å². The van der Waals surface area contributed by atoms with Crippen molar-refractivity contribution in [1.82, 2.24) is 15.1 Å². The van der Waals surface area contributed by atoms with Crippen molar-refractivity contribution >= 4 is 5.91 Å². The number of carbonyl (C=O) groups is 1. The highest BCUT2D eigenvalue weighted by atomic mass is 16.5. The summed E-state index contributed by atoms with van der Waals surface area (Å²) in [6, 6.07) is 0.163. The number of hydrogen-bond acceptors (Lipinski definition) is 3. The molecule has 3 rings (SSSR count). The van der Waals surface area contributed by atoms with Crippen molar-refractivity contribution in [1.29, 1.82) is 0 Å². The van der Waals surface area contributed by atoms with Crippen LogP contribution < -0.4 is 0 Å². The van der Waals surface area contributed by atoms with Crippen LogP contribution in [0.5, 0.6) is 0 Å². The van der Waals surface area contributed by atoms with Crippen LogP contribution in [0.25, 0.3) is 0 Å². The number of aromatic nitrogens is 2. The molecule has 1 N–H and O–H groups in total. The van der Waals surface area contributed by atoms with E-state index >= 15 is 0 Å². The summed E-state index contributed by atoms with van der Waals surface area (Å²) in [5, 5.41) is 7.33. The zero-order valence-corrected chi connectivity index (χ0v) is 14.6. The molecule has 0 spiro atoms. The molecule has 2 aliphatic rings. The highest BCUT2D eigenvalue weighted by Gasteiger charge is 2.33. The fourth-order valence-corrected chi connectivity index (χ4v) is 4.08. The van der Waals surface area contributed by atoms with Gasteiger partial charge < -0.3 is 9.64 Å². The maximum atomic E-state index is 12.7. The largest absolute Gasteiger partial charge is 0.368 e. The van der Waals surface area contributed by atoms with Crippen LogP contribution in [-0.2, 0) is 9.53 Å². The topological polar surface area (TPSA) is 58.2 Å². The van der Waals surface area contributed by atoms with Gasteiger partial charge in [0, 0.05) is 17.8 Å². The molecule has 128 valence electrons. The Morgan fingerprint density at radius 3 is 2.65 bits per heavy atom. The summed E-state index contributed by atoms with van der Waals surface area (Å²) < 4.78 is 5.92. The Balaban J connectivity index is 1.58. The highest BCUT2D eigenvalue weighted by molar-refractivity contribution is 5.78. The number of ether oxygens (including phenoxy) is 1. The summed E-state index contributed by atoms with van der Waals surface area (Å²) >= 11 is 0. The second kappa shape index (κ2) is 7.04. The molecule has 1 unspecified atom stereocenters. The first kappa shape index (κ1) is 16.5. The molecule has 1 amide bonds. The van der Waals surface area contributed by atoms with Crippen LogP contribution in [0.1, 0.15) is 68.4 Å². The Morgan fingerprint density at radius 1 is 1.26 bits per heavy atom. The van der Waals surface area contributed by atoms with Crippen LogP contribution in [0, 0.1) is 19.8 Å². The molecule has 1 aromatic heterocycles. The lowest BCUT2D eigenvalue weighted by Gasteiger charge is -2.29. The standard InChI is InChI=1S/C18H29N3O2/c1-12-6-8-15(9-7-12)23-11-17(22)21-10-4-5-16(21)18-13(2)19-20-14(18)3/h12,15-16H,4-11H2,1-3H3,(H,19,20). The van der Waals surface area contributed by atoms with Gasteiger partial charge in [-0.25, -0.2) is 0 Å². The summed E-state index contributed by atoms with van der Waals surface area (Å²) in [6.07, 6.45) is 6.98. The van der Waals surface area contributed by atoms with Gasteiger partial charge >= 0.3 is 0 Å². The van der Waals surface area contributed by atoms with E-state index in [1.807, 2.05) is 18.7 Å². The normalized spacial score (nSPS) is 28.3. The summed E-state index contributed by atoms with van der Waals surface area (Å²) in [7, 11) is 0. The molecule has 1 saturated heterocycles. The van der Waals surface area contributed by atoms with Crippen molar-refractivity contribution in [3.8, 4) is 0 Å². The van der Waals surface area contributed by atoms with Gasteiger partial charge in [0.05, 0.1) is 17.8 Å². The zero-order chi connectivity index (χ0) is 16.4. The number of aryl methyl sites for hydroxylation is 2. The van der Waals surface area contributed by atoms with Crippen LogP contribution in [0.4, 0.5) is 0 Å². The smallest absolute Gasteiger partial charge is 0.249 e. The number of carbonyl (C=O) groups excluding carboxylic acids is 1. The quantitative estimate of drug-likeness (QED) is 0.926. The number of rotatable bonds is 4. The molecule has 0 radical (unpaired) electrons. The molecule has 2 heterocycles. The summed E-state index contributed by atoms with van der Waals surface area (Å²) in [4.78, 5) is 14.6. The molecule has 0 bridgehead atoms. The third kappa shape index (κ3) is 3.60. The predicted octanol–water partition coefficient (Wildman–Crippen LogP) is 3.29. The van der Waals surface area contributed by atoms with Crippen molar-refractivity contribution < 1.29 is 9.53 Å². The van der Waals surface area contributed by atoms with E-state index in [2.05, 4.69) is 17.1 Å². The monoisotopic (exact) mass is 319 g/mol. The molecule has 5 heteroatoms. The van der Waals surface area contributed by atoms with E-state index in [0.29, 0.717) is 0 Å². The summed E-state index contributed by atoms with van der Waals surface area (Å²) in [5.41, 5.74) is 3.28. The molecule has 23 heavy (non-hydrogen) atoms. The fourth-order valence-electron chi connectivity index (χ4n) is 4.08. The Kier molecular flexibility index (Phi) is 5.05. The summed E-state index contributed by atoms with van der Waals surface area (Å²) in [5.74, 6) is 0.937. The minimum atomic E-state index is 0.131. The second-order valence-corrected chi connectivity index (χ2v) is 7.29. The van der Waals surface area contributed by atoms with Gasteiger partial charge in [-0.15, -0.1) is 0 Å². The Labute approximate surface area is 138 Å². The Morgan fingerprint density at radius 2 is 2.00 bits per heavy atom. The number of H-pyrrole nitrogens is 1. The SMILES string of the molecule is Cc1n[nH]c(C)c1C1CCCN1C(=O)COC1CCC(C)CC1. The van der Waals surface area contributed by atoms with Crippen molar-refractivity contribution in [3.05, 3.63) is 17.0 Å². The average molecular weight is 319 g/mol. The van der Waals surface area contributed by atoms with E-state index in [0.717, 1.165) is 49.5 Å². The molecular formula is C18H29N3O2. The Hall–Kier alpha value is -1.36. The van der Waals surface area contributed by atoms with Crippen LogP contribution >= 0.6 is 0 Å². The molecule has 1 saturated carbocycles. The van der Waals surface area contributed by atoms with Gasteiger partial charge in [0.2, 0.25) is 5.91 Å². The van der Waals surface area contributed by atoms with E-state index in [9.17, 15) is 4.79 Å². The molecular weight excluding hydrogens is 290 g/mol. The number of hydrogen-bond donors (Lipinski definition) is 1. The molecule has 1 aromatic rings. The highest BCUT2D eigenvalue weighted by Crippen LogP contribution is 2.35. The van der Waals surface area contributed by atoms with Crippen LogP contribution in [0.3, 0.4) is 0 Å². The number of nitrogens with one attached hydrogen (secondary N) is 1. The number of aromatic amines is 1. The van der Waals surface area contributed by atoms with Crippen LogP contribution in [0.2, 0.25) is 0 Å². The van der Waals surface area contributed by atoms with E-state index in [-0.39, 0.29) is 24.7 Å². The van der Waals surface area contributed by atoms with Gasteiger partial charge in [0.25, 0.3) is 0 Å². The first-order valence-corrected chi connectivity index (χ1v) is 8.98. The lowest BCUT2D eigenvalue weighted by Crippen LogP contribution is -2.35. The number of amides is 1. The molecule has 0 aromatic carbocycles.